The zero-order valence-electron chi connectivity index (χ0n) is 9.30. The number of carboxylic acids is 1. The van der Waals surface area contributed by atoms with E-state index in [2.05, 4.69) is 0 Å². The number of nitrogens with zero attached hydrogens (tertiary/aromatic N) is 1. The molecule has 0 aliphatic carbocycles. The molecule has 0 bridgehead atoms. The summed E-state index contributed by atoms with van der Waals surface area (Å²) < 4.78 is 13.3. The molecule has 3 N–H and O–H groups in total. The van der Waals surface area contributed by atoms with Gasteiger partial charge in [0.25, 0.3) is 5.91 Å². The lowest BCUT2D eigenvalue weighted by atomic mass is 10.1. The number of nitrogen functional groups attached to an aromatic ring is 1. The third-order valence-electron chi connectivity index (χ3n) is 2.71. The van der Waals surface area contributed by atoms with Gasteiger partial charge < -0.3 is 15.7 Å². The highest BCUT2D eigenvalue weighted by atomic mass is 32.2. The second-order valence-electron chi connectivity index (χ2n) is 3.83. The number of hydrogen-bond acceptors (Lipinski definition) is 4. The highest BCUT2D eigenvalue weighted by Crippen LogP contribution is 2.26. The van der Waals surface area contributed by atoms with Crippen LogP contribution in [0.4, 0.5) is 10.1 Å². The van der Waals surface area contributed by atoms with Crippen LogP contribution in [0.15, 0.2) is 18.2 Å². The van der Waals surface area contributed by atoms with Crippen molar-refractivity contribution >= 4 is 29.3 Å². The summed E-state index contributed by atoms with van der Waals surface area (Å²) in [6, 6.07) is 3.03. The van der Waals surface area contributed by atoms with E-state index < -0.39 is 23.7 Å². The van der Waals surface area contributed by atoms with Crippen LogP contribution in [0.5, 0.6) is 0 Å². The number of rotatable bonds is 2. The lowest BCUT2D eigenvalue weighted by Crippen LogP contribution is -2.42. The topological polar surface area (TPSA) is 83.6 Å². The maximum absolute atomic E-state index is 13.3. The molecule has 7 heteroatoms. The Morgan fingerprint density at radius 3 is 2.89 bits per heavy atom. The summed E-state index contributed by atoms with van der Waals surface area (Å²) in [6.45, 7) is 0. The van der Waals surface area contributed by atoms with E-state index in [4.69, 9.17) is 10.8 Å². The summed E-state index contributed by atoms with van der Waals surface area (Å²) >= 11 is 1.34. The summed E-state index contributed by atoms with van der Waals surface area (Å²) in [4.78, 5) is 24.3. The Bertz CT molecular complexity index is 509. The van der Waals surface area contributed by atoms with Crippen LogP contribution in [0.2, 0.25) is 0 Å². The van der Waals surface area contributed by atoms with Crippen LogP contribution in [0.1, 0.15) is 10.4 Å². The molecule has 1 aromatic rings. The van der Waals surface area contributed by atoms with Crippen molar-refractivity contribution < 1.29 is 19.1 Å². The van der Waals surface area contributed by atoms with Crippen molar-refractivity contribution in [2.45, 2.75) is 6.04 Å². The normalized spacial score (nSPS) is 18.9. The average molecular weight is 270 g/mol. The molecule has 18 heavy (non-hydrogen) atoms. The predicted octanol–water partition coefficient (Wildman–Crippen LogP) is 1.01. The Morgan fingerprint density at radius 2 is 2.22 bits per heavy atom. The van der Waals surface area contributed by atoms with Crippen LogP contribution in [-0.2, 0) is 4.79 Å². The number of thioether (sulfide) groups is 1. The smallest absolute Gasteiger partial charge is 0.327 e. The minimum atomic E-state index is -1.07. The predicted molar refractivity (Wildman–Crippen MR) is 65.7 cm³/mol. The fourth-order valence-corrected chi connectivity index (χ4v) is 2.87. The lowest BCUT2D eigenvalue weighted by Gasteiger charge is -2.21. The van der Waals surface area contributed by atoms with E-state index in [9.17, 15) is 14.0 Å². The zero-order chi connectivity index (χ0) is 13.3. The van der Waals surface area contributed by atoms with Crippen molar-refractivity contribution in [3.63, 3.8) is 0 Å². The molecular formula is C11H11FN2O3S. The molecular weight excluding hydrogens is 259 g/mol. The van der Waals surface area contributed by atoms with Crippen molar-refractivity contribution in [2.24, 2.45) is 0 Å². The number of benzene rings is 1. The Hall–Kier alpha value is -1.76. The maximum atomic E-state index is 13.3. The van der Waals surface area contributed by atoms with E-state index in [1.54, 1.807) is 0 Å². The van der Waals surface area contributed by atoms with E-state index in [1.807, 2.05) is 0 Å². The number of amides is 1. The molecule has 0 radical (unpaired) electrons. The third kappa shape index (κ3) is 2.13. The van der Waals surface area contributed by atoms with Crippen LogP contribution in [0.3, 0.4) is 0 Å². The van der Waals surface area contributed by atoms with Gasteiger partial charge in [0.1, 0.15) is 11.9 Å². The molecule has 1 amide bonds. The SMILES string of the molecule is Nc1c(F)cccc1C(=O)N1CSCC1C(=O)O. The summed E-state index contributed by atoms with van der Waals surface area (Å²) in [5.74, 6) is -1.70. The molecule has 1 aliphatic rings. The minimum absolute atomic E-state index is 0.00347. The fourth-order valence-electron chi connectivity index (χ4n) is 1.73. The third-order valence-corrected chi connectivity index (χ3v) is 3.72. The van der Waals surface area contributed by atoms with Crippen molar-refractivity contribution in [3.8, 4) is 0 Å². The first-order chi connectivity index (χ1) is 8.52. The first-order valence-corrected chi connectivity index (χ1v) is 6.33. The molecule has 96 valence electrons. The summed E-state index contributed by atoms with van der Waals surface area (Å²) in [5, 5.41) is 8.99. The van der Waals surface area contributed by atoms with Gasteiger partial charge in [-0.15, -0.1) is 11.8 Å². The second-order valence-corrected chi connectivity index (χ2v) is 4.83. The van der Waals surface area contributed by atoms with E-state index in [0.29, 0.717) is 5.75 Å². The number of carboxylic acid groups (broad SMARTS) is 1. The summed E-state index contributed by atoms with van der Waals surface area (Å²) in [5.41, 5.74) is 5.25. The number of carbonyl (C=O) groups excluding carboxylic acids is 1. The first-order valence-electron chi connectivity index (χ1n) is 5.18. The molecule has 1 aromatic carbocycles. The van der Waals surface area contributed by atoms with E-state index in [0.717, 1.165) is 6.07 Å². The van der Waals surface area contributed by atoms with E-state index in [-0.39, 0.29) is 17.1 Å². The van der Waals surface area contributed by atoms with Crippen molar-refractivity contribution in [2.75, 3.05) is 17.4 Å². The van der Waals surface area contributed by atoms with Crippen LogP contribution in [0, 0.1) is 5.82 Å². The van der Waals surface area contributed by atoms with Crippen molar-refractivity contribution in [3.05, 3.63) is 29.6 Å². The molecule has 1 fully saturated rings. The molecule has 1 heterocycles. The van der Waals surface area contributed by atoms with Gasteiger partial charge in [-0.1, -0.05) is 6.07 Å². The van der Waals surface area contributed by atoms with Gasteiger partial charge in [0.15, 0.2) is 0 Å². The van der Waals surface area contributed by atoms with Gasteiger partial charge in [0, 0.05) is 5.75 Å². The fraction of sp³-hybridized carbons (Fsp3) is 0.273. The molecule has 1 aliphatic heterocycles. The molecule has 2 rings (SSSR count). The van der Waals surface area contributed by atoms with Gasteiger partial charge in [-0.3, -0.25) is 4.79 Å². The van der Waals surface area contributed by atoms with Gasteiger partial charge in [0.2, 0.25) is 0 Å². The standard InChI is InChI=1S/C11H11FN2O3S/c12-7-3-1-2-6(9(7)13)10(15)14-5-18-4-8(14)11(16)17/h1-3,8H,4-5,13H2,(H,16,17). The number of para-hydroxylation sites is 1. The van der Waals surface area contributed by atoms with Gasteiger partial charge in [0.05, 0.1) is 17.1 Å². The highest BCUT2D eigenvalue weighted by molar-refractivity contribution is 7.99. The summed E-state index contributed by atoms with van der Waals surface area (Å²) in [6.07, 6.45) is 0. The molecule has 0 aromatic heterocycles. The molecule has 1 atom stereocenters. The maximum Gasteiger partial charge on any atom is 0.327 e. The van der Waals surface area contributed by atoms with E-state index in [1.165, 1.54) is 28.8 Å². The molecule has 5 nitrogen and oxygen atoms in total. The number of carbonyl (C=O) groups is 2. The number of halogens is 1. The Morgan fingerprint density at radius 1 is 1.50 bits per heavy atom. The average Bonchev–Trinajstić information content (AvgIpc) is 2.81. The lowest BCUT2D eigenvalue weighted by molar-refractivity contribution is -0.140. The monoisotopic (exact) mass is 270 g/mol. The van der Waals surface area contributed by atoms with Crippen molar-refractivity contribution in [1.82, 2.24) is 4.90 Å². The zero-order valence-corrected chi connectivity index (χ0v) is 10.1. The Balaban J connectivity index is 2.31. The van der Waals surface area contributed by atoms with Gasteiger partial charge in [-0.05, 0) is 12.1 Å². The van der Waals surface area contributed by atoms with E-state index >= 15 is 0 Å². The quantitative estimate of drug-likeness (QED) is 0.783. The Labute approximate surface area is 107 Å². The molecule has 0 saturated carbocycles. The van der Waals surface area contributed by atoms with Gasteiger partial charge in [-0.2, -0.15) is 0 Å². The van der Waals surface area contributed by atoms with Crippen molar-refractivity contribution in [1.29, 1.82) is 0 Å². The van der Waals surface area contributed by atoms with Gasteiger partial charge >= 0.3 is 5.97 Å². The molecule has 1 saturated heterocycles. The molecule has 1 unspecified atom stereocenters. The molecule has 0 spiro atoms. The number of nitrogens with two attached hydrogens (primary N) is 1. The number of hydrogen-bond donors (Lipinski definition) is 2. The van der Waals surface area contributed by atoms with Crippen LogP contribution >= 0.6 is 11.8 Å². The van der Waals surface area contributed by atoms with Crippen LogP contribution < -0.4 is 5.73 Å². The Kier molecular flexibility index (Phi) is 3.42. The van der Waals surface area contributed by atoms with Gasteiger partial charge in [-0.25, -0.2) is 9.18 Å². The van der Waals surface area contributed by atoms with Crippen LogP contribution in [-0.4, -0.2) is 39.6 Å². The number of aliphatic carboxylic acids is 1. The highest BCUT2D eigenvalue weighted by Gasteiger charge is 2.35. The second kappa shape index (κ2) is 4.85. The largest absolute Gasteiger partial charge is 0.480 e. The minimum Gasteiger partial charge on any atom is -0.480 e. The number of anilines is 1. The summed E-state index contributed by atoms with van der Waals surface area (Å²) in [7, 11) is 0. The first kappa shape index (κ1) is 12.7. The van der Waals surface area contributed by atoms with Crippen LogP contribution in [0.25, 0.3) is 0 Å².